The number of halogens is 1. The Morgan fingerprint density at radius 3 is 3.00 bits per heavy atom. The minimum atomic E-state index is -0.364. The van der Waals surface area contributed by atoms with Crippen LogP contribution in [-0.4, -0.2) is 22.0 Å². The molecule has 0 spiro atoms. The van der Waals surface area contributed by atoms with Crippen LogP contribution in [-0.2, 0) is 4.79 Å². The molecule has 0 bridgehead atoms. The zero-order valence-electron chi connectivity index (χ0n) is 11.0. The Hall–Kier alpha value is -1.31. The standard InChI is InChI=1S/C13H17IN4O/c1-3-6-16-12(19)8(2)18-11-5-4-9(14)7-10(11)17-13(18)15/h4-5,7-8H,3,6H2,1-2H3,(H2,15,17)(H,16,19). The van der Waals surface area contributed by atoms with Crippen LogP contribution in [0.5, 0.6) is 0 Å². The highest BCUT2D eigenvalue weighted by Crippen LogP contribution is 2.24. The van der Waals surface area contributed by atoms with Gasteiger partial charge in [-0.1, -0.05) is 6.92 Å². The molecule has 0 aliphatic rings. The van der Waals surface area contributed by atoms with E-state index in [2.05, 4.69) is 32.9 Å². The summed E-state index contributed by atoms with van der Waals surface area (Å²) in [5, 5.41) is 2.88. The second kappa shape index (κ2) is 5.77. The molecule has 1 amide bonds. The molecule has 5 nitrogen and oxygen atoms in total. The second-order valence-electron chi connectivity index (χ2n) is 4.44. The van der Waals surface area contributed by atoms with Crippen molar-refractivity contribution in [2.75, 3.05) is 12.3 Å². The van der Waals surface area contributed by atoms with E-state index in [-0.39, 0.29) is 11.9 Å². The summed E-state index contributed by atoms with van der Waals surface area (Å²) >= 11 is 2.23. The molecule has 1 aromatic carbocycles. The number of nitrogens with two attached hydrogens (primary N) is 1. The predicted molar refractivity (Wildman–Crippen MR) is 84.9 cm³/mol. The lowest BCUT2D eigenvalue weighted by Crippen LogP contribution is -2.31. The van der Waals surface area contributed by atoms with Crippen molar-refractivity contribution in [3.8, 4) is 0 Å². The molecule has 0 radical (unpaired) electrons. The van der Waals surface area contributed by atoms with Gasteiger partial charge in [-0.15, -0.1) is 0 Å². The smallest absolute Gasteiger partial charge is 0.242 e. The maximum Gasteiger partial charge on any atom is 0.242 e. The highest BCUT2D eigenvalue weighted by molar-refractivity contribution is 14.1. The van der Waals surface area contributed by atoms with Crippen molar-refractivity contribution >= 4 is 45.5 Å². The Morgan fingerprint density at radius 2 is 2.32 bits per heavy atom. The summed E-state index contributed by atoms with van der Waals surface area (Å²) in [5.74, 6) is 0.336. The van der Waals surface area contributed by atoms with Gasteiger partial charge in [-0.05, 0) is 54.1 Å². The van der Waals surface area contributed by atoms with Crippen LogP contribution in [0.1, 0.15) is 26.3 Å². The molecule has 1 heterocycles. The lowest BCUT2D eigenvalue weighted by molar-refractivity contribution is -0.123. The van der Waals surface area contributed by atoms with Crippen LogP contribution in [0.4, 0.5) is 5.95 Å². The summed E-state index contributed by atoms with van der Waals surface area (Å²) in [5.41, 5.74) is 7.65. The van der Waals surface area contributed by atoms with Gasteiger partial charge in [0.05, 0.1) is 11.0 Å². The molecule has 6 heteroatoms. The SMILES string of the molecule is CCCNC(=O)C(C)n1c(N)nc2cc(I)ccc21. The van der Waals surface area contributed by atoms with Crippen LogP contribution in [0.15, 0.2) is 18.2 Å². The molecule has 0 aliphatic heterocycles. The van der Waals surface area contributed by atoms with E-state index < -0.39 is 0 Å². The molecule has 0 saturated heterocycles. The van der Waals surface area contributed by atoms with Crippen molar-refractivity contribution in [3.63, 3.8) is 0 Å². The van der Waals surface area contributed by atoms with Crippen LogP contribution in [0.25, 0.3) is 11.0 Å². The van der Waals surface area contributed by atoms with E-state index in [0.717, 1.165) is 21.0 Å². The lowest BCUT2D eigenvalue weighted by atomic mass is 10.2. The van der Waals surface area contributed by atoms with Gasteiger partial charge in [0.25, 0.3) is 0 Å². The fraction of sp³-hybridized carbons (Fsp3) is 0.385. The molecule has 1 atom stereocenters. The zero-order valence-corrected chi connectivity index (χ0v) is 13.1. The summed E-state index contributed by atoms with van der Waals surface area (Å²) in [6, 6.07) is 5.53. The van der Waals surface area contributed by atoms with E-state index in [1.54, 1.807) is 4.57 Å². The third kappa shape index (κ3) is 2.83. The Kier molecular flexibility index (Phi) is 4.28. The number of imidazole rings is 1. The van der Waals surface area contributed by atoms with Crippen LogP contribution < -0.4 is 11.1 Å². The van der Waals surface area contributed by atoms with E-state index in [9.17, 15) is 4.79 Å². The summed E-state index contributed by atoms with van der Waals surface area (Å²) < 4.78 is 2.87. The minimum Gasteiger partial charge on any atom is -0.369 e. The predicted octanol–water partition coefficient (Wildman–Crippen LogP) is 2.31. The van der Waals surface area contributed by atoms with Crippen LogP contribution >= 0.6 is 22.6 Å². The number of anilines is 1. The number of nitrogen functional groups attached to an aromatic ring is 1. The third-order valence-corrected chi connectivity index (χ3v) is 3.67. The minimum absolute atomic E-state index is 0.0357. The number of nitrogens with one attached hydrogen (secondary N) is 1. The number of carbonyl (C=O) groups is 1. The van der Waals surface area contributed by atoms with Gasteiger partial charge < -0.3 is 11.1 Å². The molecule has 102 valence electrons. The Labute approximate surface area is 125 Å². The van der Waals surface area contributed by atoms with Crippen molar-refractivity contribution < 1.29 is 4.79 Å². The summed E-state index contributed by atoms with van der Waals surface area (Å²) in [6.45, 7) is 4.53. The monoisotopic (exact) mass is 372 g/mol. The van der Waals surface area contributed by atoms with Gasteiger partial charge in [0, 0.05) is 10.1 Å². The summed E-state index contributed by atoms with van der Waals surface area (Å²) in [4.78, 5) is 16.4. The van der Waals surface area contributed by atoms with E-state index in [1.807, 2.05) is 32.0 Å². The molecule has 1 aromatic heterocycles. The first-order valence-electron chi connectivity index (χ1n) is 6.25. The number of hydrogen-bond donors (Lipinski definition) is 2. The molecule has 3 N–H and O–H groups in total. The molecule has 0 aliphatic carbocycles. The van der Waals surface area contributed by atoms with Crippen molar-refractivity contribution in [3.05, 3.63) is 21.8 Å². The Bertz CT molecular complexity index is 608. The van der Waals surface area contributed by atoms with Gasteiger partial charge in [-0.25, -0.2) is 4.98 Å². The van der Waals surface area contributed by atoms with E-state index in [1.165, 1.54) is 0 Å². The van der Waals surface area contributed by atoms with Crippen molar-refractivity contribution in [1.29, 1.82) is 0 Å². The Balaban J connectivity index is 2.38. The van der Waals surface area contributed by atoms with Crippen molar-refractivity contribution in [1.82, 2.24) is 14.9 Å². The number of nitrogens with zero attached hydrogens (tertiary/aromatic N) is 2. The third-order valence-electron chi connectivity index (χ3n) is 2.99. The van der Waals surface area contributed by atoms with Gasteiger partial charge in [0.15, 0.2) is 0 Å². The van der Waals surface area contributed by atoms with Gasteiger partial charge in [0.2, 0.25) is 11.9 Å². The topological polar surface area (TPSA) is 72.9 Å². The van der Waals surface area contributed by atoms with Crippen molar-refractivity contribution in [2.45, 2.75) is 26.3 Å². The molecular weight excluding hydrogens is 355 g/mol. The number of aromatic nitrogens is 2. The van der Waals surface area contributed by atoms with Gasteiger partial charge in [0.1, 0.15) is 6.04 Å². The molecule has 2 aromatic rings. The lowest BCUT2D eigenvalue weighted by Gasteiger charge is -2.15. The highest BCUT2D eigenvalue weighted by atomic mass is 127. The van der Waals surface area contributed by atoms with Gasteiger partial charge in [-0.3, -0.25) is 9.36 Å². The fourth-order valence-electron chi connectivity index (χ4n) is 2.01. The van der Waals surface area contributed by atoms with E-state index in [0.29, 0.717) is 12.5 Å². The largest absolute Gasteiger partial charge is 0.369 e. The summed E-state index contributed by atoms with van der Waals surface area (Å²) in [6.07, 6.45) is 0.914. The normalized spacial score (nSPS) is 12.6. The first-order chi connectivity index (χ1) is 9.04. The number of amides is 1. The van der Waals surface area contributed by atoms with Crippen LogP contribution in [0.3, 0.4) is 0 Å². The second-order valence-corrected chi connectivity index (χ2v) is 5.69. The molecular formula is C13H17IN4O. The van der Waals surface area contributed by atoms with Crippen LogP contribution in [0.2, 0.25) is 0 Å². The molecule has 0 fully saturated rings. The summed E-state index contributed by atoms with van der Waals surface area (Å²) in [7, 11) is 0. The molecule has 2 rings (SSSR count). The van der Waals surface area contributed by atoms with E-state index in [4.69, 9.17) is 5.73 Å². The zero-order chi connectivity index (χ0) is 14.0. The first-order valence-corrected chi connectivity index (χ1v) is 7.33. The number of hydrogen-bond acceptors (Lipinski definition) is 3. The maximum atomic E-state index is 12.0. The van der Waals surface area contributed by atoms with Crippen LogP contribution in [0, 0.1) is 3.57 Å². The average molecular weight is 372 g/mol. The maximum absolute atomic E-state index is 12.0. The van der Waals surface area contributed by atoms with Crippen molar-refractivity contribution in [2.24, 2.45) is 0 Å². The number of benzene rings is 1. The molecule has 0 saturated carbocycles. The van der Waals surface area contributed by atoms with Gasteiger partial charge in [-0.2, -0.15) is 0 Å². The quantitative estimate of drug-likeness (QED) is 0.810. The molecule has 1 unspecified atom stereocenters. The Morgan fingerprint density at radius 1 is 1.58 bits per heavy atom. The first kappa shape index (κ1) is 14.1. The number of carbonyl (C=O) groups excluding carboxylic acids is 1. The highest BCUT2D eigenvalue weighted by Gasteiger charge is 2.19. The average Bonchev–Trinajstić information content (AvgIpc) is 2.70. The van der Waals surface area contributed by atoms with E-state index >= 15 is 0 Å². The molecule has 19 heavy (non-hydrogen) atoms. The number of fused-ring (bicyclic) bond motifs is 1. The number of rotatable bonds is 4. The van der Waals surface area contributed by atoms with Gasteiger partial charge >= 0.3 is 0 Å². The fourth-order valence-corrected chi connectivity index (χ4v) is 2.49.